The highest BCUT2D eigenvalue weighted by molar-refractivity contribution is 6.12. The lowest BCUT2D eigenvalue weighted by Crippen LogP contribution is -2.61. The van der Waals surface area contributed by atoms with E-state index in [0.29, 0.717) is 0 Å². The molecule has 0 saturated carbocycles. The first-order valence-corrected chi connectivity index (χ1v) is 18.3. The van der Waals surface area contributed by atoms with Gasteiger partial charge in [0.2, 0.25) is 23.6 Å². The molecule has 0 aliphatic carbocycles. The van der Waals surface area contributed by atoms with Gasteiger partial charge in [0, 0.05) is 67.4 Å². The fourth-order valence-electron chi connectivity index (χ4n) is 6.83. The number of carbonyl (C=O) groups excluding carboxylic acids is 6. The van der Waals surface area contributed by atoms with Crippen molar-refractivity contribution in [1.29, 1.82) is 0 Å². The second kappa shape index (κ2) is 17.9. The number of fused-ring (bicyclic) bond motifs is 1. The maximum absolute atomic E-state index is 14.3. The average Bonchev–Trinajstić information content (AvgIpc) is 3.62. The SMILES string of the molecule is CN[C@H](C(=O)N[C@H](C(=O)N(C)[C@H](/C=C(\C)C(=O)N[C@@H](CC(=O)NCCN1C(=O)C=CC1=O)C(=O)O)C(C)C)C(C)(C)C)C(C)(C)c1cn(C)c2ccccc12. The van der Waals surface area contributed by atoms with Crippen LogP contribution in [-0.4, -0.2) is 112 Å². The van der Waals surface area contributed by atoms with Crippen molar-refractivity contribution in [2.75, 3.05) is 27.2 Å². The molecule has 1 aromatic carbocycles. The Morgan fingerprint density at radius 2 is 1.55 bits per heavy atom. The molecule has 15 nitrogen and oxygen atoms in total. The highest BCUT2D eigenvalue weighted by Gasteiger charge is 2.42. The number of benzene rings is 1. The number of aryl methyl sites for hydroxylation is 1. The van der Waals surface area contributed by atoms with Crippen molar-refractivity contribution in [3.05, 3.63) is 59.8 Å². The number of carboxylic acids is 1. The third-order valence-electron chi connectivity index (χ3n) is 10.1. The van der Waals surface area contributed by atoms with Gasteiger partial charge in [-0.2, -0.15) is 0 Å². The lowest BCUT2D eigenvalue weighted by molar-refractivity contribution is -0.143. The molecule has 1 aliphatic rings. The fraction of sp³-hybridized carbons (Fsp3) is 0.525. The van der Waals surface area contributed by atoms with Crippen LogP contribution in [0.1, 0.15) is 67.4 Å². The summed E-state index contributed by atoms with van der Waals surface area (Å²) >= 11 is 0. The van der Waals surface area contributed by atoms with Gasteiger partial charge >= 0.3 is 5.97 Å². The second-order valence-corrected chi connectivity index (χ2v) is 16.0. The molecule has 6 amide bonds. The molecule has 3 rings (SSSR count). The molecule has 0 bridgehead atoms. The van der Waals surface area contributed by atoms with Crippen LogP contribution in [-0.2, 0) is 46.0 Å². The third-order valence-corrected chi connectivity index (χ3v) is 10.1. The van der Waals surface area contributed by atoms with Gasteiger partial charge < -0.3 is 35.8 Å². The van der Waals surface area contributed by atoms with Crippen molar-refractivity contribution >= 4 is 52.3 Å². The lowest BCUT2D eigenvalue weighted by atomic mass is 9.76. The van der Waals surface area contributed by atoms with E-state index in [1.165, 1.54) is 11.8 Å². The van der Waals surface area contributed by atoms with Crippen molar-refractivity contribution in [3.8, 4) is 0 Å². The molecule has 1 aromatic heterocycles. The summed E-state index contributed by atoms with van der Waals surface area (Å²) in [5.41, 5.74) is 0.724. The summed E-state index contributed by atoms with van der Waals surface area (Å²) in [6.07, 6.45) is 5.22. The molecule has 300 valence electrons. The van der Waals surface area contributed by atoms with Gasteiger partial charge in [0.25, 0.3) is 11.8 Å². The molecule has 5 N–H and O–H groups in total. The van der Waals surface area contributed by atoms with Crippen LogP contribution in [0, 0.1) is 11.3 Å². The standard InChI is InChI=1S/C40H57N7O8/c1-23(2)29(20-24(3)35(51)43-27(38(54)55)21-30(48)42-18-19-47-31(49)16-17-32(47)50)46(11)37(53)34(39(4,5)6)44-36(52)33(41-9)40(7,8)26-22-45(10)28-15-13-12-14-25(26)28/h12-17,20,22-23,27,29,33-34,41H,18-19,21H2,1-11H3,(H,42,48)(H,43,51)(H,44,52)(H,54,55)/b24-20+/t27-,29+,33+,34+/m0/s1. The Kier molecular flexibility index (Phi) is 14.3. The number of aromatic nitrogens is 1. The van der Waals surface area contributed by atoms with E-state index in [0.717, 1.165) is 33.5 Å². The lowest BCUT2D eigenvalue weighted by Gasteiger charge is -2.39. The smallest absolute Gasteiger partial charge is 0.326 e. The minimum atomic E-state index is -1.58. The van der Waals surface area contributed by atoms with E-state index in [1.807, 2.05) is 90.5 Å². The van der Waals surface area contributed by atoms with Crippen LogP contribution in [0.15, 0.2) is 54.3 Å². The van der Waals surface area contributed by atoms with E-state index in [9.17, 15) is 38.7 Å². The van der Waals surface area contributed by atoms with Crippen LogP contribution in [0.3, 0.4) is 0 Å². The maximum Gasteiger partial charge on any atom is 0.326 e. The van der Waals surface area contributed by atoms with Gasteiger partial charge in [0.05, 0.1) is 18.5 Å². The Balaban J connectivity index is 1.75. The predicted octanol–water partition coefficient (Wildman–Crippen LogP) is 2.00. The molecule has 0 unspecified atom stereocenters. The molecule has 4 atom stereocenters. The maximum atomic E-state index is 14.3. The van der Waals surface area contributed by atoms with E-state index in [-0.39, 0.29) is 36.4 Å². The highest BCUT2D eigenvalue weighted by Crippen LogP contribution is 2.35. The molecular weight excluding hydrogens is 706 g/mol. The van der Waals surface area contributed by atoms with Crippen LogP contribution >= 0.6 is 0 Å². The Hall–Kier alpha value is -5.31. The molecule has 15 heteroatoms. The minimum Gasteiger partial charge on any atom is -0.480 e. The number of carboxylic acid groups (broad SMARTS) is 1. The topological polar surface area (TPSA) is 199 Å². The normalized spacial score (nSPS) is 15.9. The Morgan fingerprint density at radius 1 is 0.945 bits per heavy atom. The molecule has 1 aliphatic heterocycles. The summed E-state index contributed by atoms with van der Waals surface area (Å²) in [5.74, 6) is -4.85. The Labute approximate surface area is 322 Å². The van der Waals surface area contributed by atoms with Gasteiger partial charge in [0.15, 0.2) is 0 Å². The average molecular weight is 764 g/mol. The molecule has 55 heavy (non-hydrogen) atoms. The van der Waals surface area contributed by atoms with Crippen molar-refractivity contribution < 1.29 is 38.7 Å². The summed E-state index contributed by atoms with van der Waals surface area (Å²) in [4.78, 5) is 92.1. The number of rotatable bonds is 17. The number of nitrogens with zero attached hydrogens (tertiary/aromatic N) is 3. The molecule has 0 saturated heterocycles. The van der Waals surface area contributed by atoms with Gasteiger partial charge in [-0.15, -0.1) is 0 Å². The van der Waals surface area contributed by atoms with E-state index in [2.05, 4.69) is 21.3 Å². The molecule has 2 aromatic rings. The number of para-hydroxylation sites is 1. The number of likely N-dealkylation sites (N-methyl/N-ethyl adjacent to an activating group) is 2. The van der Waals surface area contributed by atoms with Crippen molar-refractivity contribution in [2.45, 2.75) is 91.4 Å². The molecule has 0 radical (unpaired) electrons. The largest absolute Gasteiger partial charge is 0.480 e. The molecule has 0 fully saturated rings. The first kappa shape index (κ1) is 44.1. The molecule has 2 heterocycles. The van der Waals surface area contributed by atoms with Gasteiger partial charge in [0.1, 0.15) is 12.1 Å². The van der Waals surface area contributed by atoms with Crippen LogP contribution in [0.25, 0.3) is 10.9 Å². The summed E-state index contributed by atoms with van der Waals surface area (Å²) < 4.78 is 2.03. The summed E-state index contributed by atoms with van der Waals surface area (Å²) in [5, 5.41) is 21.9. The van der Waals surface area contributed by atoms with E-state index < -0.39 is 71.0 Å². The van der Waals surface area contributed by atoms with Crippen molar-refractivity contribution in [1.82, 2.24) is 35.6 Å². The van der Waals surface area contributed by atoms with Crippen LogP contribution in [0.2, 0.25) is 0 Å². The van der Waals surface area contributed by atoms with E-state index in [4.69, 9.17) is 0 Å². The highest BCUT2D eigenvalue weighted by atomic mass is 16.4. The summed E-state index contributed by atoms with van der Waals surface area (Å²) in [6, 6.07) is 4.09. The monoisotopic (exact) mass is 763 g/mol. The van der Waals surface area contributed by atoms with Crippen molar-refractivity contribution in [3.63, 3.8) is 0 Å². The first-order valence-electron chi connectivity index (χ1n) is 18.3. The number of hydrogen-bond donors (Lipinski definition) is 5. The quantitative estimate of drug-likeness (QED) is 0.118. The number of hydrogen-bond acceptors (Lipinski definition) is 8. The number of carbonyl (C=O) groups is 7. The third kappa shape index (κ3) is 10.5. The Morgan fingerprint density at radius 3 is 2.09 bits per heavy atom. The van der Waals surface area contributed by atoms with Gasteiger partial charge in [-0.3, -0.25) is 33.7 Å². The minimum absolute atomic E-state index is 0.0932. The van der Waals surface area contributed by atoms with Gasteiger partial charge in [-0.1, -0.05) is 72.7 Å². The van der Waals surface area contributed by atoms with E-state index in [1.54, 1.807) is 20.2 Å². The fourth-order valence-corrected chi connectivity index (χ4v) is 6.83. The predicted molar refractivity (Wildman–Crippen MR) is 208 cm³/mol. The Bertz CT molecular complexity index is 1850. The van der Waals surface area contributed by atoms with Crippen LogP contribution in [0.5, 0.6) is 0 Å². The number of nitrogens with one attached hydrogen (secondary N) is 4. The van der Waals surface area contributed by atoms with Crippen LogP contribution in [0.4, 0.5) is 0 Å². The zero-order valence-electron chi connectivity index (χ0n) is 33.8. The summed E-state index contributed by atoms with van der Waals surface area (Å²) in [6.45, 7) is 14.6. The first-order chi connectivity index (χ1) is 25.5. The number of aliphatic carboxylic acids is 1. The van der Waals surface area contributed by atoms with Gasteiger partial charge in [-0.05, 0) is 36.9 Å². The summed E-state index contributed by atoms with van der Waals surface area (Å²) in [7, 11) is 5.27. The van der Waals surface area contributed by atoms with Crippen molar-refractivity contribution in [2.24, 2.45) is 18.4 Å². The van der Waals surface area contributed by atoms with Crippen LogP contribution < -0.4 is 21.3 Å². The molecular formula is C40H57N7O8. The zero-order chi connectivity index (χ0) is 41.6. The van der Waals surface area contributed by atoms with Gasteiger partial charge in [-0.25, -0.2) is 4.79 Å². The number of imide groups is 1. The number of amides is 6. The van der Waals surface area contributed by atoms with E-state index >= 15 is 0 Å². The second-order valence-electron chi connectivity index (χ2n) is 16.0. The molecule has 0 spiro atoms. The zero-order valence-corrected chi connectivity index (χ0v) is 33.8.